The van der Waals surface area contributed by atoms with E-state index < -0.39 is 0 Å². The fourth-order valence-electron chi connectivity index (χ4n) is 8.23. The van der Waals surface area contributed by atoms with Crippen LogP contribution in [0.15, 0.2) is 150 Å². The van der Waals surface area contributed by atoms with Gasteiger partial charge in [0, 0.05) is 43.6 Å². The van der Waals surface area contributed by atoms with Crippen LogP contribution in [0, 0.1) is 0 Å². The summed E-state index contributed by atoms with van der Waals surface area (Å²) in [6, 6.07) is 50.5. The number of para-hydroxylation sites is 4. The van der Waals surface area contributed by atoms with Gasteiger partial charge >= 0.3 is 0 Å². The summed E-state index contributed by atoms with van der Waals surface area (Å²) < 4.78 is 18.0. The van der Waals surface area contributed by atoms with E-state index in [1.807, 2.05) is 36.4 Å². The zero-order valence-electron chi connectivity index (χ0n) is 26.5. The Morgan fingerprint density at radius 2 is 1.04 bits per heavy atom. The maximum absolute atomic E-state index is 7.18. The van der Waals surface area contributed by atoms with Crippen LogP contribution in [0.1, 0.15) is 0 Å². The van der Waals surface area contributed by atoms with Crippen LogP contribution in [0.5, 0.6) is 11.5 Å². The lowest BCUT2D eigenvalue weighted by molar-refractivity contribution is 0.486. The van der Waals surface area contributed by atoms with Gasteiger partial charge in [-0.15, -0.1) is 0 Å². The van der Waals surface area contributed by atoms with Crippen LogP contribution >= 0.6 is 0 Å². The Morgan fingerprint density at radius 3 is 1.80 bits per heavy atom. The van der Waals surface area contributed by atoms with Gasteiger partial charge in [0.1, 0.15) is 17.0 Å². The van der Waals surface area contributed by atoms with Crippen LogP contribution < -0.4 is 4.74 Å². The Kier molecular flexibility index (Phi) is 4.89. The summed E-state index contributed by atoms with van der Waals surface area (Å²) in [5.74, 6) is 2.14. The Balaban J connectivity index is 1.24. The standard InChI is InChI=1S/C44H24N4O2/c1-2-11-25(12-3-1)47-34-17-7-4-13-26(34)28-21-23-30-31-24-22-29-27-14-5-8-18-35(27)48(41(29)43(31)50-42(30)40(28)47)44-45-33-16-10-20-37-38(33)39(46-44)32-15-6-9-19-36(32)49-37/h1-24H. The second kappa shape index (κ2) is 9.36. The van der Waals surface area contributed by atoms with Crippen molar-refractivity contribution in [3.8, 4) is 34.4 Å². The highest BCUT2D eigenvalue weighted by Gasteiger charge is 2.26. The van der Waals surface area contributed by atoms with Gasteiger partial charge in [-0.1, -0.05) is 84.9 Å². The van der Waals surface area contributed by atoms with Crippen LogP contribution in [0.25, 0.3) is 99.3 Å². The van der Waals surface area contributed by atoms with Crippen molar-refractivity contribution in [1.82, 2.24) is 19.1 Å². The molecule has 0 amide bonds. The fourth-order valence-corrected chi connectivity index (χ4v) is 8.23. The molecule has 6 heteroatoms. The molecule has 7 aromatic carbocycles. The zero-order valence-corrected chi connectivity index (χ0v) is 26.5. The minimum Gasteiger partial charge on any atom is -0.456 e. The molecule has 11 aromatic rings. The van der Waals surface area contributed by atoms with Gasteiger partial charge in [-0.25, -0.2) is 9.97 Å². The molecule has 0 N–H and O–H groups in total. The number of hydrogen-bond acceptors (Lipinski definition) is 4. The first-order valence-electron chi connectivity index (χ1n) is 16.8. The normalized spacial score (nSPS) is 12.6. The lowest BCUT2D eigenvalue weighted by Gasteiger charge is -2.20. The van der Waals surface area contributed by atoms with E-state index in [1.54, 1.807) is 0 Å². The Morgan fingerprint density at radius 1 is 0.440 bits per heavy atom. The molecule has 0 saturated heterocycles. The predicted octanol–water partition coefficient (Wildman–Crippen LogP) is 11.5. The molecular formula is C44H24N4O2. The third-order valence-electron chi connectivity index (χ3n) is 10.3. The quantitative estimate of drug-likeness (QED) is 0.189. The Bertz CT molecular complexity index is 3240. The van der Waals surface area contributed by atoms with E-state index in [0.717, 1.165) is 99.5 Å². The largest absolute Gasteiger partial charge is 0.456 e. The minimum absolute atomic E-state index is 0.587. The SMILES string of the molecule is c1ccc(-n2c3ccccc3c3ccc4c5ccc6c7ccccc7n(-c7nc8c9c(cccc9n7)Oc7ccccc7-8)c6c5oc4c32)cc1. The molecule has 12 rings (SSSR count). The molecule has 232 valence electrons. The van der Waals surface area contributed by atoms with Gasteiger partial charge in [0.05, 0.1) is 33.1 Å². The van der Waals surface area contributed by atoms with Crippen molar-refractivity contribution in [3.63, 3.8) is 0 Å². The van der Waals surface area contributed by atoms with Crippen molar-refractivity contribution >= 4 is 76.5 Å². The molecule has 0 bridgehead atoms. The highest BCUT2D eigenvalue weighted by Crippen LogP contribution is 2.47. The molecule has 6 nitrogen and oxygen atoms in total. The van der Waals surface area contributed by atoms with E-state index in [4.69, 9.17) is 19.1 Å². The fraction of sp³-hybridized carbons (Fsp3) is 0. The molecule has 0 atom stereocenters. The van der Waals surface area contributed by atoms with Crippen molar-refractivity contribution in [1.29, 1.82) is 0 Å². The van der Waals surface area contributed by atoms with E-state index in [9.17, 15) is 0 Å². The molecular weight excluding hydrogens is 617 g/mol. The Hall–Kier alpha value is -6.92. The number of furan rings is 1. The summed E-state index contributed by atoms with van der Waals surface area (Å²) in [5.41, 5.74) is 9.54. The van der Waals surface area contributed by atoms with Crippen molar-refractivity contribution < 1.29 is 9.15 Å². The third-order valence-corrected chi connectivity index (χ3v) is 10.3. The summed E-state index contributed by atoms with van der Waals surface area (Å²) in [6.07, 6.45) is 0. The monoisotopic (exact) mass is 640 g/mol. The Labute approximate surface area is 284 Å². The van der Waals surface area contributed by atoms with Gasteiger partial charge in [0.25, 0.3) is 0 Å². The highest BCUT2D eigenvalue weighted by atomic mass is 16.5. The maximum atomic E-state index is 7.18. The van der Waals surface area contributed by atoms with E-state index >= 15 is 0 Å². The number of ether oxygens (including phenoxy) is 1. The predicted molar refractivity (Wildman–Crippen MR) is 201 cm³/mol. The molecule has 5 heterocycles. The van der Waals surface area contributed by atoms with Crippen molar-refractivity contribution in [2.24, 2.45) is 0 Å². The summed E-state index contributed by atoms with van der Waals surface area (Å²) >= 11 is 0. The summed E-state index contributed by atoms with van der Waals surface area (Å²) in [6.45, 7) is 0. The molecule has 0 aliphatic carbocycles. The highest BCUT2D eigenvalue weighted by molar-refractivity contribution is 6.26. The van der Waals surface area contributed by atoms with Gasteiger partial charge < -0.3 is 13.7 Å². The first-order valence-corrected chi connectivity index (χ1v) is 16.8. The molecule has 1 aliphatic heterocycles. The second-order valence-corrected chi connectivity index (χ2v) is 12.9. The number of nitrogens with zero attached hydrogens (tertiary/aromatic N) is 4. The van der Waals surface area contributed by atoms with Crippen LogP contribution in [0.2, 0.25) is 0 Å². The number of fused-ring (bicyclic) bond motifs is 13. The van der Waals surface area contributed by atoms with E-state index in [0.29, 0.717) is 5.95 Å². The number of rotatable bonds is 2. The van der Waals surface area contributed by atoms with Gasteiger partial charge in [-0.2, -0.15) is 0 Å². The van der Waals surface area contributed by atoms with Gasteiger partial charge in [0.2, 0.25) is 5.95 Å². The topological polar surface area (TPSA) is 58.0 Å². The summed E-state index contributed by atoms with van der Waals surface area (Å²) in [4.78, 5) is 10.5. The van der Waals surface area contributed by atoms with Crippen molar-refractivity contribution in [2.75, 3.05) is 0 Å². The van der Waals surface area contributed by atoms with E-state index in [-0.39, 0.29) is 0 Å². The molecule has 0 radical (unpaired) electrons. The molecule has 0 unspecified atom stereocenters. The van der Waals surface area contributed by atoms with Gasteiger partial charge in [-0.3, -0.25) is 4.57 Å². The smallest absolute Gasteiger partial charge is 0.235 e. The molecule has 0 saturated carbocycles. The number of aromatic nitrogens is 4. The number of hydrogen-bond donors (Lipinski definition) is 0. The van der Waals surface area contributed by atoms with Crippen molar-refractivity contribution in [2.45, 2.75) is 0 Å². The molecule has 4 aromatic heterocycles. The van der Waals surface area contributed by atoms with E-state index in [2.05, 4.69) is 118 Å². The lowest BCUT2D eigenvalue weighted by Crippen LogP contribution is -2.06. The first kappa shape index (κ1) is 26.1. The molecule has 0 fully saturated rings. The van der Waals surface area contributed by atoms with Gasteiger partial charge in [0.15, 0.2) is 11.2 Å². The lowest BCUT2D eigenvalue weighted by atomic mass is 10.0. The maximum Gasteiger partial charge on any atom is 0.235 e. The van der Waals surface area contributed by atoms with Crippen molar-refractivity contribution in [3.05, 3.63) is 146 Å². The van der Waals surface area contributed by atoms with Gasteiger partial charge in [-0.05, 0) is 60.7 Å². The van der Waals surface area contributed by atoms with Crippen LogP contribution in [-0.2, 0) is 0 Å². The third kappa shape index (κ3) is 3.27. The van der Waals surface area contributed by atoms with Crippen LogP contribution in [0.3, 0.4) is 0 Å². The number of benzene rings is 7. The van der Waals surface area contributed by atoms with Crippen LogP contribution in [-0.4, -0.2) is 19.1 Å². The summed E-state index contributed by atoms with van der Waals surface area (Å²) in [7, 11) is 0. The molecule has 0 spiro atoms. The van der Waals surface area contributed by atoms with E-state index in [1.165, 1.54) is 5.39 Å². The van der Waals surface area contributed by atoms with Crippen LogP contribution in [0.4, 0.5) is 0 Å². The molecule has 1 aliphatic rings. The zero-order chi connectivity index (χ0) is 32.5. The molecule has 50 heavy (non-hydrogen) atoms. The second-order valence-electron chi connectivity index (χ2n) is 12.9. The summed E-state index contributed by atoms with van der Waals surface area (Å²) in [5, 5.41) is 7.57. The first-order chi connectivity index (χ1) is 24.8. The average molecular weight is 641 g/mol. The average Bonchev–Trinajstić information content (AvgIpc) is 3.83. The minimum atomic E-state index is 0.587.